The van der Waals surface area contributed by atoms with E-state index in [4.69, 9.17) is 0 Å². The number of thiophene rings is 1. The minimum absolute atomic E-state index is 0.865. The lowest BCUT2D eigenvalue weighted by Crippen LogP contribution is -1.88. The van der Waals surface area contributed by atoms with Crippen molar-refractivity contribution in [3.05, 3.63) is 71.6 Å². The van der Waals surface area contributed by atoms with Crippen LogP contribution in [0.3, 0.4) is 0 Å². The number of hydrogen-bond donors (Lipinski definition) is 2. The van der Waals surface area contributed by atoms with Gasteiger partial charge in [-0.25, -0.2) is 0 Å². The van der Waals surface area contributed by atoms with Gasteiger partial charge in [-0.1, -0.05) is 0 Å². The van der Waals surface area contributed by atoms with Crippen molar-refractivity contribution in [3.63, 3.8) is 0 Å². The monoisotopic (exact) mass is 422 g/mol. The normalized spacial score (nSPS) is 11.5. The number of nitrogens with zero attached hydrogens (tertiary/aromatic N) is 4. The molecule has 0 aliphatic carbocycles. The number of aromatic nitrogens is 6. The Hall–Kier alpha value is -3.84. The summed E-state index contributed by atoms with van der Waals surface area (Å²) in [6, 6.07) is 12.5. The molecule has 0 saturated carbocycles. The molecule has 7 heteroatoms. The molecule has 0 spiro atoms. The van der Waals surface area contributed by atoms with E-state index in [2.05, 4.69) is 68.2 Å². The predicted octanol–water partition coefficient (Wildman–Crippen LogP) is 5.91. The summed E-state index contributed by atoms with van der Waals surface area (Å²) in [5.41, 5.74) is 7.78. The van der Waals surface area contributed by atoms with Gasteiger partial charge < -0.3 is 4.98 Å². The molecular formula is C24H18N6S. The molecule has 0 aliphatic heterocycles. The maximum Gasteiger partial charge on any atom is 0.116 e. The third-order valence-electron chi connectivity index (χ3n) is 5.54. The molecule has 0 unspecified atom stereocenters. The molecule has 6 nitrogen and oxygen atoms in total. The van der Waals surface area contributed by atoms with Gasteiger partial charge in [-0.2, -0.15) is 5.10 Å². The van der Waals surface area contributed by atoms with E-state index < -0.39 is 0 Å². The first-order valence-electron chi connectivity index (χ1n) is 9.97. The summed E-state index contributed by atoms with van der Waals surface area (Å²) in [4.78, 5) is 19.5. The van der Waals surface area contributed by atoms with Gasteiger partial charge in [-0.05, 0) is 55.8 Å². The quantitative estimate of drug-likeness (QED) is 0.371. The van der Waals surface area contributed by atoms with E-state index in [0.29, 0.717) is 0 Å². The van der Waals surface area contributed by atoms with E-state index in [1.165, 1.54) is 9.75 Å². The molecule has 0 amide bonds. The first kappa shape index (κ1) is 18.0. The van der Waals surface area contributed by atoms with Crippen LogP contribution in [0, 0.1) is 13.8 Å². The highest BCUT2D eigenvalue weighted by molar-refractivity contribution is 7.15. The van der Waals surface area contributed by atoms with E-state index in [1.54, 1.807) is 17.5 Å². The summed E-state index contributed by atoms with van der Waals surface area (Å²) < 4.78 is 0. The third-order valence-corrected chi connectivity index (χ3v) is 6.55. The van der Waals surface area contributed by atoms with Crippen molar-refractivity contribution >= 4 is 33.1 Å². The second kappa shape index (κ2) is 6.85. The van der Waals surface area contributed by atoms with Crippen LogP contribution in [0.15, 0.2) is 61.2 Å². The van der Waals surface area contributed by atoms with E-state index >= 15 is 0 Å². The largest absolute Gasteiger partial charge is 0.353 e. The van der Waals surface area contributed by atoms with Crippen molar-refractivity contribution in [3.8, 4) is 33.2 Å². The van der Waals surface area contributed by atoms with E-state index in [9.17, 15) is 0 Å². The van der Waals surface area contributed by atoms with Gasteiger partial charge >= 0.3 is 0 Å². The van der Waals surface area contributed by atoms with Crippen LogP contribution in [-0.2, 0) is 0 Å². The molecule has 0 fully saturated rings. The Balaban J connectivity index is 1.52. The number of hydrogen-bond acceptors (Lipinski definition) is 5. The topological polar surface area (TPSA) is 83.1 Å². The molecule has 0 aromatic carbocycles. The molecule has 6 rings (SSSR count). The Morgan fingerprint density at radius 3 is 2.58 bits per heavy atom. The number of fused-ring (bicyclic) bond motifs is 2. The van der Waals surface area contributed by atoms with E-state index in [1.807, 2.05) is 30.7 Å². The second-order valence-corrected chi connectivity index (χ2v) is 8.88. The molecule has 0 atom stereocenters. The number of aromatic amines is 2. The van der Waals surface area contributed by atoms with Crippen molar-refractivity contribution in [1.82, 2.24) is 30.1 Å². The average molecular weight is 423 g/mol. The smallest absolute Gasteiger partial charge is 0.116 e. The van der Waals surface area contributed by atoms with Crippen LogP contribution in [-0.4, -0.2) is 30.1 Å². The van der Waals surface area contributed by atoms with Crippen molar-refractivity contribution in [2.75, 3.05) is 0 Å². The molecule has 0 radical (unpaired) electrons. The maximum atomic E-state index is 4.66. The summed E-state index contributed by atoms with van der Waals surface area (Å²) in [5, 5.41) is 9.81. The number of H-pyrrole nitrogens is 2. The zero-order chi connectivity index (χ0) is 20.9. The SMILES string of the molecule is Cc1ccc(-c2nccc3[nH]c(-c4n[nH]c5cnc(-c6cnccc6C)cc45)cc23)s1. The Morgan fingerprint density at radius 2 is 1.74 bits per heavy atom. The Morgan fingerprint density at radius 1 is 0.839 bits per heavy atom. The number of pyridine rings is 3. The van der Waals surface area contributed by atoms with Crippen molar-refractivity contribution in [1.29, 1.82) is 0 Å². The molecule has 0 saturated heterocycles. The summed E-state index contributed by atoms with van der Waals surface area (Å²) in [6.07, 6.45) is 7.33. The molecule has 6 aromatic heterocycles. The van der Waals surface area contributed by atoms with Crippen LogP contribution in [0.2, 0.25) is 0 Å². The van der Waals surface area contributed by atoms with Gasteiger partial charge in [0.05, 0.1) is 33.7 Å². The van der Waals surface area contributed by atoms with Crippen LogP contribution in [0.25, 0.3) is 55.0 Å². The van der Waals surface area contributed by atoms with Crippen LogP contribution in [0.5, 0.6) is 0 Å². The molecule has 6 heterocycles. The van der Waals surface area contributed by atoms with Gasteiger partial charge in [0.1, 0.15) is 5.69 Å². The lowest BCUT2D eigenvalue weighted by atomic mass is 10.1. The molecule has 6 aromatic rings. The minimum atomic E-state index is 0.865. The molecule has 150 valence electrons. The molecule has 31 heavy (non-hydrogen) atoms. The highest BCUT2D eigenvalue weighted by Crippen LogP contribution is 2.36. The van der Waals surface area contributed by atoms with Gasteiger partial charge in [0.15, 0.2) is 0 Å². The van der Waals surface area contributed by atoms with E-state index in [0.717, 1.165) is 55.7 Å². The van der Waals surface area contributed by atoms with Crippen LogP contribution >= 0.6 is 11.3 Å². The van der Waals surface area contributed by atoms with Crippen LogP contribution < -0.4 is 0 Å². The average Bonchev–Trinajstić information content (AvgIpc) is 3.50. The minimum Gasteiger partial charge on any atom is -0.353 e. The van der Waals surface area contributed by atoms with Crippen LogP contribution in [0.4, 0.5) is 0 Å². The summed E-state index contributed by atoms with van der Waals surface area (Å²) >= 11 is 1.75. The third kappa shape index (κ3) is 2.93. The zero-order valence-corrected chi connectivity index (χ0v) is 17.8. The van der Waals surface area contributed by atoms with Crippen molar-refractivity contribution in [2.45, 2.75) is 13.8 Å². The lowest BCUT2D eigenvalue weighted by molar-refractivity contribution is 1.11. The van der Waals surface area contributed by atoms with Crippen molar-refractivity contribution in [2.24, 2.45) is 0 Å². The second-order valence-electron chi connectivity index (χ2n) is 7.59. The van der Waals surface area contributed by atoms with Crippen LogP contribution in [0.1, 0.15) is 10.4 Å². The Labute approximate surface area is 182 Å². The molecular weight excluding hydrogens is 404 g/mol. The zero-order valence-electron chi connectivity index (χ0n) is 17.0. The lowest BCUT2D eigenvalue weighted by Gasteiger charge is -2.04. The van der Waals surface area contributed by atoms with Gasteiger partial charge in [-0.15, -0.1) is 11.3 Å². The fraction of sp³-hybridized carbons (Fsp3) is 0.0833. The van der Waals surface area contributed by atoms with Gasteiger partial charge in [0.2, 0.25) is 0 Å². The first-order valence-corrected chi connectivity index (χ1v) is 10.8. The standard InChI is InChI=1S/C24H18N6S/c1-13-5-7-25-11-17(13)19-9-16-21(12-27-19)29-30-23(16)20-10-15-18(28-20)6-8-26-24(15)22-4-3-14(2)31-22/h3-12,28H,1-2H3,(H,29,30). The van der Waals surface area contributed by atoms with Gasteiger partial charge in [-0.3, -0.25) is 20.1 Å². The molecule has 2 N–H and O–H groups in total. The van der Waals surface area contributed by atoms with Gasteiger partial charge in [0, 0.05) is 45.3 Å². The Bertz CT molecular complexity index is 1570. The highest BCUT2D eigenvalue weighted by Gasteiger charge is 2.16. The first-order chi connectivity index (χ1) is 15.2. The van der Waals surface area contributed by atoms with Gasteiger partial charge in [0.25, 0.3) is 0 Å². The fourth-order valence-electron chi connectivity index (χ4n) is 3.94. The fourth-order valence-corrected chi connectivity index (χ4v) is 4.82. The summed E-state index contributed by atoms with van der Waals surface area (Å²) in [6.45, 7) is 4.18. The Kier molecular flexibility index (Phi) is 3.97. The number of rotatable bonds is 3. The number of nitrogens with one attached hydrogen (secondary N) is 2. The maximum absolute atomic E-state index is 4.66. The number of aryl methyl sites for hydroxylation is 2. The van der Waals surface area contributed by atoms with Crippen molar-refractivity contribution < 1.29 is 0 Å². The summed E-state index contributed by atoms with van der Waals surface area (Å²) in [7, 11) is 0. The predicted molar refractivity (Wildman–Crippen MR) is 125 cm³/mol. The van der Waals surface area contributed by atoms with E-state index in [-0.39, 0.29) is 0 Å². The molecule has 0 bridgehead atoms. The summed E-state index contributed by atoms with van der Waals surface area (Å²) in [5.74, 6) is 0. The molecule has 0 aliphatic rings. The highest BCUT2D eigenvalue weighted by atomic mass is 32.1.